The van der Waals surface area contributed by atoms with Gasteiger partial charge in [0, 0.05) is 12.4 Å². The molecule has 0 atom stereocenters. The van der Waals surface area contributed by atoms with Crippen molar-refractivity contribution in [3.05, 3.63) is 24.3 Å². The second-order valence-corrected chi connectivity index (χ2v) is 2.85. The van der Waals surface area contributed by atoms with E-state index in [0.29, 0.717) is 5.65 Å². The van der Waals surface area contributed by atoms with Crippen molar-refractivity contribution in [1.29, 1.82) is 0 Å². The van der Waals surface area contributed by atoms with Crippen LogP contribution in [-0.2, 0) is 0 Å². The minimum atomic E-state index is -4.72. The Morgan fingerprint density at radius 2 is 2.13 bits per heavy atom. The Kier molecular flexibility index (Phi) is 2.02. The van der Waals surface area contributed by atoms with Gasteiger partial charge in [-0.15, -0.1) is 13.2 Å². The Morgan fingerprint density at radius 1 is 1.40 bits per heavy atom. The molecule has 0 saturated carbocycles. The molecule has 0 N–H and O–H groups in total. The van der Waals surface area contributed by atoms with Gasteiger partial charge >= 0.3 is 6.36 Å². The van der Waals surface area contributed by atoms with Crippen LogP contribution in [-0.4, -0.2) is 20.7 Å². The monoisotopic (exact) mass is 217 g/mol. The first-order chi connectivity index (χ1) is 6.97. The van der Waals surface area contributed by atoms with Gasteiger partial charge in [0.1, 0.15) is 5.69 Å². The standard InChI is InChI=1S/C8H6F3N3O/c1-5-7(15-8(9,10)11)14-3-2-12-4-6(14)13-5/h2-4H,1H3. The Labute approximate surface area is 82.3 Å². The van der Waals surface area contributed by atoms with Crippen molar-refractivity contribution in [2.75, 3.05) is 0 Å². The van der Waals surface area contributed by atoms with Crippen molar-refractivity contribution in [3.63, 3.8) is 0 Å². The number of fused-ring (bicyclic) bond motifs is 1. The van der Waals surface area contributed by atoms with Crippen molar-refractivity contribution in [3.8, 4) is 5.88 Å². The summed E-state index contributed by atoms with van der Waals surface area (Å²) in [6.07, 6.45) is -0.645. The van der Waals surface area contributed by atoms with Crippen molar-refractivity contribution < 1.29 is 17.9 Å². The molecule has 0 aliphatic rings. The molecule has 0 unspecified atom stereocenters. The molecule has 0 bridgehead atoms. The lowest BCUT2D eigenvalue weighted by atomic mass is 10.5. The molecule has 0 fully saturated rings. The highest BCUT2D eigenvalue weighted by atomic mass is 19.4. The molecule has 0 amide bonds. The van der Waals surface area contributed by atoms with Gasteiger partial charge in [-0.1, -0.05) is 0 Å². The van der Waals surface area contributed by atoms with Crippen LogP contribution >= 0.6 is 0 Å². The van der Waals surface area contributed by atoms with Gasteiger partial charge in [-0.3, -0.25) is 9.38 Å². The number of imidazole rings is 1. The molecule has 4 nitrogen and oxygen atoms in total. The first-order valence-corrected chi connectivity index (χ1v) is 4.02. The summed E-state index contributed by atoms with van der Waals surface area (Å²) in [6.45, 7) is 1.44. The topological polar surface area (TPSA) is 39.4 Å². The third kappa shape index (κ3) is 1.85. The molecule has 0 spiro atoms. The van der Waals surface area contributed by atoms with Gasteiger partial charge in [-0.2, -0.15) is 0 Å². The molecule has 2 aromatic heterocycles. The first-order valence-electron chi connectivity index (χ1n) is 4.02. The van der Waals surface area contributed by atoms with E-state index in [-0.39, 0.29) is 11.6 Å². The molecular weight excluding hydrogens is 211 g/mol. The summed E-state index contributed by atoms with van der Waals surface area (Å²) in [4.78, 5) is 7.62. The van der Waals surface area contributed by atoms with E-state index in [1.165, 1.54) is 29.9 Å². The number of nitrogens with zero attached hydrogens (tertiary/aromatic N) is 3. The maximum absolute atomic E-state index is 12.0. The van der Waals surface area contributed by atoms with Crippen LogP contribution < -0.4 is 4.74 Å². The fourth-order valence-electron chi connectivity index (χ4n) is 1.23. The predicted octanol–water partition coefficient (Wildman–Crippen LogP) is 1.94. The predicted molar refractivity (Wildman–Crippen MR) is 44.4 cm³/mol. The van der Waals surface area contributed by atoms with E-state index < -0.39 is 6.36 Å². The molecule has 0 radical (unpaired) electrons. The number of aromatic nitrogens is 3. The fourth-order valence-corrected chi connectivity index (χ4v) is 1.23. The largest absolute Gasteiger partial charge is 0.574 e. The number of hydrogen-bond donors (Lipinski definition) is 0. The van der Waals surface area contributed by atoms with Crippen molar-refractivity contribution in [2.45, 2.75) is 13.3 Å². The van der Waals surface area contributed by atoms with Gasteiger partial charge in [0.2, 0.25) is 5.88 Å². The van der Waals surface area contributed by atoms with Crippen molar-refractivity contribution in [2.24, 2.45) is 0 Å². The highest BCUT2D eigenvalue weighted by molar-refractivity contribution is 5.43. The molecule has 0 aromatic carbocycles. The maximum Gasteiger partial charge on any atom is 0.574 e. The van der Waals surface area contributed by atoms with E-state index in [2.05, 4.69) is 14.7 Å². The molecule has 0 saturated heterocycles. The Bertz CT molecular complexity index is 491. The minimum Gasteiger partial charge on any atom is -0.387 e. The summed E-state index contributed by atoms with van der Waals surface area (Å²) in [5, 5.41) is 0. The van der Waals surface area contributed by atoms with E-state index in [1.54, 1.807) is 0 Å². The van der Waals surface area contributed by atoms with Crippen LogP contribution in [0.4, 0.5) is 13.2 Å². The number of halogens is 3. The smallest absolute Gasteiger partial charge is 0.387 e. The second-order valence-electron chi connectivity index (χ2n) is 2.85. The van der Waals surface area contributed by atoms with Gasteiger partial charge in [0.15, 0.2) is 5.65 Å². The van der Waals surface area contributed by atoms with Gasteiger partial charge < -0.3 is 4.74 Å². The maximum atomic E-state index is 12.0. The molecule has 80 valence electrons. The second kappa shape index (κ2) is 3.11. The van der Waals surface area contributed by atoms with Crippen molar-refractivity contribution >= 4 is 5.65 Å². The molecule has 2 heterocycles. The number of rotatable bonds is 1. The van der Waals surface area contributed by atoms with Crippen LogP contribution in [0.25, 0.3) is 5.65 Å². The van der Waals surface area contributed by atoms with Crippen LogP contribution in [0.3, 0.4) is 0 Å². The van der Waals surface area contributed by atoms with Gasteiger partial charge in [0.05, 0.1) is 6.20 Å². The van der Waals surface area contributed by atoms with Crippen LogP contribution in [0.15, 0.2) is 18.6 Å². The number of hydrogen-bond acceptors (Lipinski definition) is 3. The SMILES string of the molecule is Cc1nc2cnccn2c1OC(F)(F)F. The normalized spacial score (nSPS) is 12.0. The average molecular weight is 217 g/mol. The summed E-state index contributed by atoms with van der Waals surface area (Å²) in [5.41, 5.74) is 0.481. The number of ether oxygens (including phenoxy) is 1. The zero-order valence-corrected chi connectivity index (χ0v) is 7.62. The average Bonchev–Trinajstić information content (AvgIpc) is 2.41. The third-order valence-corrected chi connectivity index (χ3v) is 1.76. The zero-order valence-electron chi connectivity index (χ0n) is 7.62. The molecule has 0 aliphatic carbocycles. The minimum absolute atomic E-state index is 0.167. The lowest BCUT2D eigenvalue weighted by molar-refractivity contribution is -0.276. The van der Waals surface area contributed by atoms with E-state index in [0.717, 1.165) is 0 Å². The third-order valence-electron chi connectivity index (χ3n) is 1.76. The summed E-state index contributed by atoms with van der Waals surface area (Å²) >= 11 is 0. The highest BCUT2D eigenvalue weighted by Crippen LogP contribution is 2.26. The zero-order chi connectivity index (χ0) is 11.1. The summed E-state index contributed by atoms with van der Waals surface area (Å²) < 4.78 is 41.2. The molecule has 15 heavy (non-hydrogen) atoms. The molecule has 2 rings (SSSR count). The van der Waals surface area contributed by atoms with Crippen LogP contribution in [0, 0.1) is 6.92 Å². The lowest BCUT2D eigenvalue weighted by Crippen LogP contribution is -2.18. The van der Waals surface area contributed by atoms with Gasteiger partial charge in [0.25, 0.3) is 0 Å². The fraction of sp³-hybridized carbons (Fsp3) is 0.250. The lowest BCUT2D eigenvalue weighted by Gasteiger charge is -2.08. The van der Waals surface area contributed by atoms with E-state index >= 15 is 0 Å². The Hall–Kier alpha value is -1.79. The highest BCUT2D eigenvalue weighted by Gasteiger charge is 2.33. The first kappa shape index (κ1) is 9.75. The molecular formula is C8H6F3N3O. The van der Waals surface area contributed by atoms with Crippen LogP contribution in [0.5, 0.6) is 5.88 Å². The molecule has 2 aromatic rings. The summed E-state index contributed by atoms with van der Waals surface area (Å²) in [7, 11) is 0. The molecule has 0 aliphatic heterocycles. The van der Waals surface area contributed by atoms with Gasteiger partial charge in [-0.05, 0) is 6.92 Å². The van der Waals surface area contributed by atoms with Crippen LogP contribution in [0.1, 0.15) is 5.69 Å². The van der Waals surface area contributed by atoms with Crippen LogP contribution in [0.2, 0.25) is 0 Å². The number of aryl methyl sites for hydroxylation is 1. The Morgan fingerprint density at radius 3 is 2.80 bits per heavy atom. The summed E-state index contributed by atoms with van der Waals surface area (Å²) in [6, 6.07) is 0. The Balaban J connectivity index is 2.54. The summed E-state index contributed by atoms with van der Waals surface area (Å²) in [5.74, 6) is -0.333. The van der Waals surface area contributed by atoms with E-state index in [4.69, 9.17) is 0 Å². The van der Waals surface area contributed by atoms with E-state index in [1.807, 2.05) is 0 Å². The van der Waals surface area contributed by atoms with Gasteiger partial charge in [-0.25, -0.2) is 4.98 Å². The number of alkyl halides is 3. The molecule has 7 heteroatoms. The van der Waals surface area contributed by atoms with E-state index in [9.17, 15) is 13.2 Å². The quantitative estimate of drug-likeness (QED) is 0.732. The van der Waals surface area contributed by atoms with Crippen molar-refractivity contribution in [1.82, 2.24) is 14.4 Å².